The minimum absolute atomic E-state index is 0.100. The van der Waals surface area contributed by atoms with Crippen LogP contribution in [-0.2, 0) is 0 Å². The summed E-state index contributed by atoms with van der Waals surface area (Å²) in [6, 6.07) is 11.9. The smallest absolute Gasteiger partial charge is 0.174 e. The van der Waals surface area contributed by atoms with Gasteiger partial charge in [0.1, 0.15) is 11.5 Å². The Morgan fingerprint density at radius 1 is 1.20 bits per heavy atom. The van der Waals surface area contributed by atoms with Gasteiger partial charge in [-0.1, -0.05) is 50.6 Å². The molecule has 0 aliphatic rings. The van der Waals surface area contributed by atoms with Gasteiger partial charge in [-0.3, -0.25) is 4.79 Å². The molecule has 0 bridgehead atoms. The Bertz CT molecular complexity index is 581. The molecule has 1 aromatic carbocycles. The maximum Gasteiger partial charge on any atom is 0.174 e. The third-order valence-electron chi connectivity index (χ3n) is 3.96. The van der Waals surface area contributed by atoms with Gasteiger partial charge in [-0.15, -0.1) is 0 Å². The molecule has 1 aromatic heterocycles. The molecule has 0 spiro atoms. The summed E-state index contributed by atoms with van der Waals surface area (Å²) in [6.45, 7) is 8.00. The van der Waals surface area contributed by atoms with Crippen molar-refractivity contribution in [1.82, 2.24) is 0 Å². The van der Waals surface area contributed by atoms with Crippen LogP contribution in [0.25, 0.3) is 0 Å². The molecule has 1 heterocycles. The molecule has 2 rings (SSSR count). The fourth-order valence-corrected chi connectivity index (χ4v) is 2.68. The van der Waals surface area contributed by atoms with Crippen LogP contribution < -0.4 is 0 Å². The van der Waals surface area contributed by atoms with Gasteiger partial charge in [0.05, 0.1) is 11.5 Å². The van der Waals surface area contributed by atoms with Crippen molar-refractivity contribution in [3.8, 4) is 0 Å². The van der Waals surface area contributed by atoms with Gasteiger partial charge in [0, 0.05) is 0 Å². The Hall–Kier alpha value is -1.83. The van der Waals surface area contributed by atoms with Crippen molar-refractivity contribution in [2.75, 3.05) is 0 Å². The second-order valence-electron chi connectivity index (χ2n) is 5.47. The van der Waals surface area contributed by atoms with E-state index in [-0.39, 0.29) is 11.7 Å². The lowest BCUT2D eigenvalue weighted by molar-refractivity contribution is 0.0930. The lowest BCUT2D eigenvalue weighted by atomic mass is 9.80. The lowest BCUT2D eigenvalue weighted by Crippen LogP contribution is -2.20. The van der Waals surface area contributed by atoms with Gasteiger partial charge >= 0.3 is 0 Å². The molecule has 0 saturated carbocycles. The maximum atomic E-state index is 12.9. The Morgan fingerprint density at radius 3 is 2.35 bits per heavy atom. The van der Waals surface area contributed by atoms with Crippen LogP contribution in [0.2, 0.25) is 0 Å². The minimum atomic E-state index is -0.100. The highest BCUT2D eigenvalue weighted by Gasteiger charge is 2.28. The molecule has 2 atom stereocenters. The summed E-state index contributed by atoms with van der Waals surface area (Å²) in [6.07, 6.45) is 0.973. The molecule has 2 heteroatoms. The fourth-order valence-electron chi connectivity index (χ4n) is 2.68. The van der Waals surface area contributed by atoms with Crippen LogP contribution in [0.5, 0.6) is 0 Å². The van der Waals surface area contributed by atoms with Crippen LogP contribution in [0.1, 0.15) is 53.6 Å². The zero-order chi connectivity index (χ0) is 14.7. The van der Waals surface area contributed by atoms with Crippen LogP contribution in [-0.4, -0.2) is 5.78 Å². The molecule has 20 heavy (non-hydrogen) atoms. The van der Waals surface area contributed by atoms with Crippen molar-refractivity contribution in [3.05, 3.63) is 59.0 Å². The molecular formula is C18H22O2. The monoisotopic (exact) mass is 270 g/mol. The molecule has 0 aliphatic carbocycles. The first-order chi connectivity index (χ1) is 9.54. The van der Waals surface area contributed by atoms with E-state index in [0.717, 1.165) is 29.1 Å². The van der Waals surface area contributed by atoms with Gasteiger partial charge in [0.15, 0.2) is 5.78 Å². The van der Waals surface area contributed by atoms with Crippen LogP contribution >= 0.6 is 0 Å². The average Bonchev–Trinajstić information content (AvgIpc) is 2.79. The molecule has 106 valence electrons. The summed E-state index contributed by atoms with van der Waals surface area (Å²) in [7, 11) is 0. The average molecular weight is 270 g/mol. The number of aryl methyl sites for hydroxylation is 2. The van der Waals surface area contributed by atoms with E-state index >= 15 is 0 Å². The number of furan rings is 1. The molecule has 0 radical (unpaired) electrons. The summed E-state index contributed by atoms with van der Waals surface area (Å²) in [5.41, 5.74) is 1.81. The highest BCUT2D eigenvalue weighted by molar-refractivity contribution is 6.02. The third-order valence-corrected chi connectivity index (χ3v) is 3.96. The summed E-state index contributed by atoms with van der Waals surface area (Å²) >= 11 is 0. The Kier molecular flexibility index (Phi) is 4.43. The summed E-state index contributed by atoms with van der Waals surface area (Å²) in [4.78, 5) is 12.9. The van der Waals surface area contributed by atoms with Crippen LogP contribution in [0.15, 0.2) is 40.8 Å². The Balaban J connectivity index is 2.42. The third kappa shape index (κ3) is 2.84. The first-order valence-corrected chi connectivity index (χ1v) is 7.20. The van der Waals surface area contributed by atoms with Gasteiger partial charge in [-0.2, -0.15) is 0 Å². The van der Waals surface area contributed by atoms with E-state index in [2.05, 4.69) is 13.8 Å². The van der Waals surface area contributed by atoms with Crippen molar-refractivity contribution in [2.24, 2.45) is 5.92 Å². The summed E-state index contributed by atoms with van der Waals surface area (Å²) < 4.78 is 5.51. The number of Topliss-reactive ketones (excluding diaryl/α,β-unsaturated/α-hetero) is 1. The molecule has 2 unspecified atom stereocenters. The first-order valence-electron chi connectivity index (χ1n) is 7.20. The van der Waals surface area contributed by atoms with Crippen molar-refractivity contribution in [3.63, 3.8) is 0 Å². The first kappa shape index (κ1) is 14.6. The van der Waals surface area contributed by atoms with E-state index in [1.54, 1.807) is 0 Å². The SMILES string of the molecule is CCC(C)C(C(=O)c1cc(C)oc1C)c1ccccc1. The molecule has 0 aliphatic heterocycles. The molecular weight excluding hydrogens is 248 g/mol. The molecule has 0 N–H and O–H groups in total. The number of carbonyl (C=O) groups is 1. The predicted molar refractivity (Wildman–Crippen MR) is 81.2 cm³/mol. The topological polar surface area (TPSA) is 30.2 Å². The van der Waals surface area contributed by atoms with E-state index in [1.807, 2.05) is 50.2 Å². The highest BCUT2D eigenvalue weighted by atomic mass is 16.3. The van der Waals surface area contributed by atoms with Crippen molar-refractivity contribution in [2.45, 2.75) is 40.0 Å². The lowest BCUT2D eigenvalue weighted by Gasteiger charge is -2.22. The van der Waals surface area contributed by atoms with Gasteiger partial charge in [-0.05, 0) is 31.4 Å². The van der Waals surface area contributed by atoms with Crippen LogP contribution in [0, 0.1) is 19.8 Å². The highest BCUT2D eigenvalue weighted by Crippen LogP contribution is 2.32. The van der Waals surface area contributed by atoms with Crippen LogP contribution in [0.4, 0.5) is 0 Å². The van der Waals surface area contributed by atoms with E-state index in [9.17, 15) is 4.79 Å². The number of hydrogen-bond acceptors (Lipinski definition) is 2. The predicted octanol–water partition coefficient (Wildman–Crippen LogP) is 4.91. The van der Waals surface area contributed by atoms with E-state index < -0.39 is 0 Å². The molecule has 0 amide bonds. The zero-order valence-corrected chi connectivity index (χ0v) is 12.6. The van der Waals surface area contributed by atoms with Gasteiger partial charge < -0.3 is 4.42 Å². The second-order valence-corrected chi connectivity index (χ2v) is 5.47. The zero-order valence-electron chi connectivity index (χ0n) is 12.6. The molecule has 2 nitrogen and oxygen atoms in total. The standard InChI is InChI=1S/C18H22O2/c1-5-12(2)17(15-9-7-6-8-10-15)18(19)16-11-13(3)20-14(16)4/h6-12,17H,5H2,1-4H3. The van der Waals surface area contributed by atoms with Crippen molar-refractivity contribution in [1.29, 1.82) is 0 Å². The number of rotatable bonds is 5. The summed E-state index contributed by atoms with van der Waals surface area (Å²) in [5, 5.41) is 0. The fraction of sp³-hybridized carbons (Fsp3) is 0.389. The van der Waals surface area contributed by atoms with E-state index in [0.29, 0.717) is 5.92 Å². The number of hydrogen-bond donors (Lipinski definition) is 0. The van der Waals surface area contributed by atoms with Gasteiger partial charge in [-0.25, -0.2) is 0 Å². The minimum Gasteiger partial charge on any atom is -0.466 e. The maximum absolute atomic E-state index is 12.9. The van der Waals surface area contributed by atoms with Gasteiger partial charge in [0.25, 0.3) is 0 Å². The largest absolute Gasteiger partial charge is 0.466 e. The second kappa shape index (κ2) is 6.08. The van der Waals surface area contributed by atoms with E-state index in [1.165, 1.54) is 0 Å². The van der Waals surface area contributed by atoms with Crippen molar-refractivity contribution < 1.29 is 9.21 Å². The number of benzene rings is 1. The Labute approximate surface area is 120 Å². The normalized spacial score (nSPS) is 14.0. The van der Waals surface area contributed by atoms with Crippen LogP contribution in [0.3, 0.4) is 0 Å². The quantitative estimate of drug-likeness (QED) is 0.723. The Morgan fingerprint density at radius 2 is 1.85 bits per heavy atom. The van der Waals surface area contributed by atoms with E-state index in [4.69, 9.17) is 4.42 Å². The molecule has 0 fully saturated rings. The van der Waals surface area contributed by atoms with Gasteiger partial charge in [0.2, 0.25) is 0 Å². The molecule has 0 saturated heterocycles. The molecule has 2 aromatic rings. The summed E-state index contributed by atoms with van der Waals surface area (Å²) in [5.74, 6) is 1.88. The van der Waals surface area contributed by atoms with Crippen molar-refractivity contribution >= 4 is 5.78 Å². The number of ketones is 1. The number of carbonyl (C=O) groups excluding carboxylic acids is 1.